The van der Waals surface area contributed by atoms with Crippen molar-refractivity contribution in [2.24, 2.45) is 0 Å². The van der Waals surface area contributed by atoms with E-state index in [0.29, 0.717) is 12.8 Å². The van der Waals surface area contributed by atoms with Gasteiger partial charge in [-0.1, -0.05) is 13.0 Å². The highest BCUT2D eigenvalue weighted by Crippen LogP contribution is 2.21. The molecule has 16 heavy (non-hydrogen) atoms. The van der Waals surface area contributed by atoms with Crippen LogP contribution in [-0.2, 0) is 4.79 Å². The Hall–Kier alpha value is -0.870. The summed E-state index contributed by atoms with van der Waals surface area (Å²) < 4.78 is 0. The lowest BCUT2D eigenvalue weighted by Crippen LogP contribution is -2.27. The van der Waals surface area contributed by atoms with Crippen molar-refractivity contribution in [3.63, 3.8) is 0 Å². The summed E-state index contributed by atoms with van der Waals surface area (Å²) in [4.78, 5) is 12.8. The molecule has 0 saturated heterocycles. The van der Waals surface area contributed by atoms with Crippen LogP contribution in [0.2, 0.25) is 0 Å². The monoisotopic (exact) mass is 241 g/mol. The van der Waals surface area contributed by atoms with Crippen LogP contribution < -0.4 is 5.32 Å². The molecule has 0 aliphatic carbocycles. The lowest BCUT2D eigenvalue weighted by atomic mass is 10.1. The van der Waals surface area contributed by atoms with Gasteiger partial charge in [0.1, 0.15) is 0 Å². The Morgan fingerprint density at radius 2 is 2.38 bits per heavy atom. The highest BCUT2D eigenvalue weighted by Gasteiger charge is 2.12. The van der Waals surface area contributed by atoms with E-state index in [9.17, 15) is 4.79 Å². The number of rotatable bonds is 7. The van der Waals surface area contributed by atoms with Crippen LogP contribution in [0.4, 0.5) is 0 Å². The summed E-state index contributed by atoms with van der Waals surface area (Å²) in [6, 6.07) is 4.19. The summed E-state index contributed by atoms with van der Waals surface area (Å²) >= 11 is 1.67. The number of nitrogens with one attached hydrogen (secondary N) is 1. The van der Waals surface area contributed by atoms with Gasteiger partial charge in [-0.3, -0.25) is 4.79 Å². The minimum Gasteiger partial charge on any atom is -0.396 e. The number of carbonyl (C=O) groups is 1. The minimum atomic E-state index is 0.0775. The molecule has 0 bridgehead atoms. The highest BCUT2D eigenvalue weighted by atomic mass is 32.1. The summed E-state index contributed by atoms with van der Waals surface area (Å²) in [5.41, 5.74) is 0. The van der Waals surface area contributed by atoms with Gasteiger partial charge in [-0.15, -0.1) is 11.3 Å². The van der Waals surface area contributed by atoms with E-state index in [1.807, 2.05) is 17.5 Å². The zero-order valence-corrected chi connectivity index (χ0v) is 10.4. The zero-order valence-electron chi connectivity index (χ0n) is 9.61. The maximum atomic E-state index is 11.6. The standard InChI is InChI=1S/C12H19NO2S/c1-2-10(11-6-5-9-16-11)13-12(15)7-3-4-8-14/h5-6,9-10,14H,2-4,7-8H2,1H3,(H,13,15). The maximum absolute atomic E-state index is 11.6. The first kappa shape index (κ1) is 13.2. The number of aliphatic hydroxyl groups excluding tert-OH is 1. The van der Waals surface area contributed by atoms with Gasteiger partial charge in [0.25, 0.3) is 0 Å². The fourth-order valence-corrected chi connectivity index (χ4v) is 2.39. The van der Waals surface area contributed by atoms with Crippen molar-refractivity contribution >= 4 is 17.2 Å². The average molecular weight is 241 g/mol. The molecule has 0 aliphatic rings. The molecule has 1 heterocycles. The molecule has 1 aromatic heterocycles. The Morgan fingerprint density at radius 1 is 1.56 bits per heavy atom. The second kappa shape index (κ2) is 7.41. The Morgan fingerprint density at radius 3 is 2.94 bits per heavy atom. The van der Waals surface area contributed by atoms with E-state index in [1.54, 1.807) is 11.3 Å². The number of amides is 1. The number of hydrogen-bond donors (Lipinski definition) is 2. The molecule has 0 aliphatic heterocycles. The van der Waals surface area contributed by atoms with Crippen molar-refractivity contribution < 1.29 is 9.90 Å². The molecule has 4 heteroatoms. The first-order valence-electron chi connectivity index (χ1n) is 5.71. The van der Waals surface area contributed by atoms with E-state index in [0.717, 1.165) is 12.8 Å². The zero-order chi connectivity index (χ0) is 11.8. The smallest absolute Gasteiger partial charge is 0.220 e. The van der Waals surface area contributed by atoms with Gasteiger partial charge in [0.05, 0.1) is 6.04 Å². The van der Waals surface area contributed by atoms with Crippen molar-refractivity contribution in [1.29, 1.82) is 0 Å². The van der Waals surface area contributed by atoms with E-state index in [1.165, 1.54) is 4.88 Å². The van der Waals surface area contributed by atoms with Crippen LogP contribution in [0.1, 0.15) is 43.5 Å². The van der Waals surface area contributed by atoms with Crippen molar-refractivity contribution in [2.75, 3.05) is 6.61 Å². The molecule has 0 spiro atoms. The molecular formula is C12H19NO2S. The predicted molar refractivity (Wildman–Crippen MR) is 66.4 cm³/mol. The maximum Gasteiger partial charge on any atom is 0.220 e. The summed E-state index contributed by atoms with van der Waals surface area (Å²) in [7, 11) is 0. The van der Waals surface area contributed by atoms with Crippen LogP contribution in [0, 0.1) is 0 Å². The molecule has 0 aromatic carbocycles. The predicted octanol–water partition coefficient (Wildman–Crippen LogP) is 2.48. The normalized spacial score (nSPS) is 12.4. The molecule has 1 rings (SSSR count). The first-order chi connectivity index (χ1) is 7.77. The van der Waals surface area contributed by atoms with Gasteiger partial charge >= 0.3 is 0 Å². The van der Waals surface area contributed by atoms with Gasteiger partial charge < -0.3 is 10.4 Å². The van der Waals surface area contributed by atoms with Crippen LogP contribution >= 0.6 is 11.3 Å². The van der Waals surface area contributed by atoms with Gasteiger partial charge in [-0.25, -0.2) is 0 Å². The Bertz CT molecular complexity index is 298. The highest BCUT2D eigenvalue weighted by molar-refractivity contribution is 7.10. The molecule has 0 saturated carbocycles. The third kappa shape index (κ3) is 4.33. The largest absolute Gasteiger partial charge is 0.396 e. The van der Waals surface area contributed by atoms with Gasteiger partial charge in [-0.2, -0.15) is 0 Å². The lowest BCUT2D eigenvalue weighted by molar-refractivity contribution is -0.122. The van der Waals surface area contributed by atoms with E-state index in [2.05, 4.69) is 12.2 Å². The molecular weight excluding hydrogens is 222 g/mol. The number of carbonyl (C=O) groups excluding carboxylic acids is 1. The summed E-state index contributed by atoms with van der Waals surface area (Å²) in [6.45, 7) is 2.23. The second-order valence-corrected chi connectivity index (χ2v) is 4.70. The summed E-state index contributed by atoms with van der Waals surface area (Å²) in [5, 5.41) is 13.7. The van der Waals surface area contributed by atoms with Gasteiger partial charge in [0, 0.05) is 17.9 Å². The number of unbranched alkanes of at least 4 members (excludes halogenated alkanes) is 1. The van der Waals surface area contributed by atoms with Crippen LogP contribution in [0.15, 0.2) is 17.5 Å². The Kier molecular flexibility index (Phi) is 6.11. The minimum absolute atomic E-state index is 0.0775. The number of thiophene rings is 1. The SMILES string of the molecule is CCC(NC(=O)CCCCO)c1cccs1. The molecule has 2 N–H and O–H groups in total. The van der Waals surface area contributed by atoms with Crippen LogP contribution in [0.5, 0.6) is 0 Å². The van der Waals surface area contributed by atoms with E-state index in [4.69, 9.17) is 5.11 Å². The van der Waals surface area contributed by atoms with Crippen LogP contribution in [-0.4, -0.2) is 17.6 Å². The molecule has 1 aromatic rings. The topological polar surface area (TPSA) is 49.3 Å². The fraction of sp³-hybridized carbons (Fsp3) is 0.583. The van der Waals surface area contributed by atoms with Gasteiger partial charge in [0.15, 0.2) is 0 Å². The number of aliphatic hydroxyl groups is 1. The molecule has 1 atom stereocenters. The van der Waals surface area contributed by atoms with Gasteiger partial charge in [0.2, 0.25) is 5.91 Å². The van der Waals surface area contributed by atoms with Gasteiger partial charge in [-0.05, 0) is 30.7 Å². The molecule has 90 valence electrons. The molecule has 1 amide bonds. The lowest BCUT2D eigenvalue weighted by Gasteiger charge is -2.15. The van der Waals surface area contributed by atoms with E-state index >= 15 is 0 Å². The quantitative estimate of drug-likeness (QED) is 0.720. The third-order valence-corrected chi connectivity index (χ3v) is 3.43. The van der Waals surface area contributed by atoms with Crippen molar-refractivity contribution in [3.8, 4) is 0 Å². The van der Waals surface area contributed by atoms with Crippen molar-refractivity contribution in [2.45, 2.75) is 38.6 Å². The average Bonchev–Trinajstić information content (AvgIpc) is 2.79. The van der Waals surface area contributed by atoms with Crippen LogP contribution in [0.25, 0.3) is 0 Å². The van der Waals surface area contributed by atoms with E-state index < -0.39 is 0 Å². The fourth-order valence-electron chi connectivity index (χ4n) is 1.53. The second-order valence-electron chi connectivity index (χ2n) is 3.72. The Balaban J connectivity index is 2.36. The van der Waals surface area contributed by atoms with Crippen LogP contribution in [0.3, 0.4) is 0 Å². The molecule has 0 radical (unpaired) electrons. The first-order valence-corrected chi connectivity index (χ1v) is 6.59. The molecule has 0 fully saturated rings. The Labute approximate surface area is 100 Å². The number of hydrogen-bond acceptors (Lipinski definition) is 3. The molecule has 3 nitrogen and oxygen atoms in total. The van der Waals surface area contributed by atoms with Crippen molar-refractivity contribution in [1.82, 2.24) is 5.32 Å². The summed E-state index contributed by atoms with van der Waals surface area (Å²) in [5.74, 6) is 0.0775. The summed E-state index contributed by atoms with van der Waals surface area (Å²) in [6.07, 6.45) is 2.86. The third-order valence-electron chi connectivity index (χ3n) is 2.44. The van der Waals surface area contributed by atoms with Crippen molar-refractivity contribution in [3.05, 3.63) is 22.4 Å². The van der Waals surface area contributed by atoms with E-state index in [-0.39, 0.29) is 18.6 Å². The molecule has 1 unspecified atom stereocenters.